The lowest BCUT2D eigenvalue weighted by molar-refractivity contribution is 0.368. The average molecular weight is 550 g/mol. The number of ether oxygens (including phenoxy) is 3. The van der Waals surface area contributed by atoms with Crippen molar-refractivity contribution in [1.29, 1.82) is 0 Å². The van der Waals surface area contributed by atoms with Crippen molar-refractivity contribution >= 4 is 40.8 Å². The Kier molecular flexibility index (Phi) is 10.3. The van der Waals surface area contributed by atoms with Crippen LogP contribution in [0, 0.1) is 0 Å². The molecule has 2 N–H and O–H groups in total. The van der Waals surface area contributed by atoms with Crippen LogP contribution in [-0.2, 0) is 13.0 Å². The third-order valence-electron chi connectivity index (χ3n) is 4.98. The first-order valence-corrected chi connectivity index (χ1v) is 10.3. The molecule has 0 spiro atoms. The average Bonchev–Trinajstić information content (AvgIpc) is 2.82. The number of para-hydroxylation sites is 1. The Morgan fingerprint density at radius 1 is 0.969 bits per heavy atom. The Morgan fingerprint density at radius 2 is 1.69 bits per heavy atom. The van der Waals surface area contributed by atoms with Gasteiger partial charge in [0, 0.05) is 42.4 Å². The topological polar surface area (TPSA) is 77.0 Å². The highest BCUT2D eigenvalue weighted by Crippen LogP contribution is 2.34. The van der Waals surface area contributed by atoms with E-state index in [1.807, 2.05) is 42.6 Å². The number of rotatable bonds is 9. The Balaban J connectivity index is 0.00000363. The molecule has 0 atom stereocenters. The summed E-state index contributed by atoms with van der Waals surface area (Å²) < 4.78 is 16.4. The number of fused-ring (bicyclic) bond motifs is 1. The molecule has 0 amide bonds. The zero-order valence-electron chi connectivity index (χ0n) is 19.0. The molecule has 0 fully saturated rings. The maximum absolute atomic E-state index is 5.54. The summed E-state index contributed by atoms with van der Waals surface area (Å²) in [5.41, 5.74) is 3.10. The van der Waals surface area contributed by atoms with Gasteiger partial charge >= 0.3 is 0 Å². The molecule has 0 aliphatic carbocycles. The number of nitrogens with zero attached hydrogens (tertiary/aromatic N) is 2. The van der Waals surface area contributed by atoms with Gasteiger partial charge in [0.1, 0.15) is 17.2 Å². The summed E-state index contributed by atoms with van der Waals surface area (Å²) in [6.07, 6.45) is 2.54. The van der Waals surface area contributed by atoms with E-state index >= 15 is 0 Å². The van der Waals surface area contributed by atoms with Crippen molar-refractivity contribution in [2.45, 2.75) is 19.9 Å². The van der Waals surface area contributed by atoms with Gasteiger partial charge in [-0.05, 0) is 31.0 Å². The molecule has 1 aromatic heterocycles. The fourth-order valence-corrected chi connectivity index (χ4v) is 3.43. The Morgan fingerprint density at radius 3 is 2.34 bits per heavy atom. The highest BCUT2D eigenvalue weighted by atomic mass is 127. The number of pyridine rings is 1. The molecular weight excluding hydrogens is 519 g/mol. The van der Waals surface area contributed by atoms with Crippen molar-refractivity contribution in [3.05, 3.63) is 59.8 Å². The van der Waals surface area contributed by atoms with Crippen molar-refractivity contribution in [2.75, 3.05) is 34.4 Å². The van der Waals surface area contributed by atoms with E-state index in [1.54, 1.807) is 21.3 Å². The fraction of sp³-hybridized carbons (Fsp3) is 0.333. The molecule has 0 saturated carbocycles. The number of guanidine groups is 1. The normalized spacial score (nSPS) is 10.9. The second-order valence-electron chi connectivity index (χ2n) is 6.87. The van der Waals surface area contributed by atoms with E-state index in [9.17, 15) is 0 Å². The second kappa shape index (κ2) is 12.9. The zero-order chi connectivity index (χ0) is 22.1. The summed E-state index contributed by atoms with van der Waals surface area (Å²) in [4.78, 5) is 9.18. The molecule has 0 unspecified atom stereocenters. The lowest BCUT2D eigenvalue weighted by Crippen LogP contribution is -2.38. The minimum absolute atomic E-state index is 0. The molecule has 3 rings (SSSR count). The maximum atomic E-state index is 5.54. The standard InChI is InChI=1S/C24H30N4O3.HI/c1-5-25-24(28-16-17-10-12-26-21-9-7-6-8-19(17)21)27-13-11-20-22(30-3)14-18(29-2)15-23(20)31-4;/h6-10,12,14-15H,5,11,13,16H2,1-4H3,(H2,25,27,28);1H. The highest BCUT2D eigenvalue weighted by molar-refractivity contribution is 14.0. The number of hydrogen-bond donors (Lipinski definition) is 2. The van der Waals surface area contributed by atoms with E-state index in [1.165, 1.54) is 0 Å². The molecule has 0 bridgehead atoms. The predicted molar refractivity (Wildman–Crippen MR) is 140 cm³/mol. The first kappa shape index (κ1) is 25.5. The smallest absolute Gasteiger partial charge is 0.191 e. The van der Waals surface area contributed by atoms with Crippen LogP contribution in [-0.4, -0.2) is 45.4 Å². The van der Waals surface area contributed by atoms with E-state index < -0.39 is 0 Å². The van der Waals surface area contributed by atoms with Gasteiger partial charge in [-0.15, -0.1) is 24.0 Å². The molecule has 32 heavy (non-hydrogen) atoms. The second-order valence-corrected chi connectivity index (χ2v) is 6.87. The van der Waals surface area contributed by atoms with Gasteiger partial charge in [0.25, 0.3) is 0 Å². The molecule has 0 aliphatic rings. The van der Waals surface area contributed by atoms with Gasteiger partial charge in [-0.3, -0.25) is 4.98 Å². The van der Waals surface area contributed by atoms with Gasteiger partial charge in [-0.2, -0.15) is 0 Å². The quantitative estimate of drug-likeness (QED) is 0.237. The van der Waals surface area contributed by atoms with Gasteiger partial charge in [0.15, 0.2) is 5.96 Å². The van der Waals surface area contributed by atoms with E-state index in [2.05, 4.69) is 28.6 Å². The molecule has 0 saturated heterocycles. The van der Waals surface area contributed by atoms with Crippen molar-refractivity contribution in [3.63, 3.8) is 0 Å². The summed E-state index contributed by atoms with van der Waals surface area (Å²) in [5, 5.41) is 7.83. The molecule has 0 radical (unpaired) electrons. The van der Waals surface area contributed by atoms with Crippen LogP contribution in [0.5, 0.6) is 17.2 Å². The van der Waals surface area contributed by atoms with Crippen LogP contribution in [0.2, 0.25) is 0 Å². The number of halogens is 1. The van der Waals surface area contributed by atoms with Gasteiger partial charge < -0.3 is 24.8 Å². The maximum Gasteiger partial charge on any atom is 0.191 e. The minimum atomic E-state index is 0. The lowest BCUT2D eigenvalue weighted by Gasteiger charge is -2.16. The first-order valence-electron chi connectivity index (χ1n) is 10.3. The third kappa shape index (κ3) is 6.38. The number of hydrogen-bond acceptors (Lipinski definition) is 5. The van der Waals surface area contributed by atoms with Crippen molar-refractivity contribution in [3.8, 4) is 17.2 Å². The minimum Gasteiger partial charge on any atom is -0.496 e. The molecule has 2 aromatic carbocycles. The van der Waals surface area contributed by atoms with Crippen molar-refractivity contribution in [2.24, 2.45) is 4.99 Å². The predicted octanol–water partition coefficient (Wildman–Crippen LogP) is 4.18. The van der Waals surface area contributed by atoms with Crippen LogP contribution in [0.3, 0.4) is 0 Å². The summed E-state index contributed by atoms with van der Waals surface area (Å²) in [6, 6.07) is 13.9. The fourth-order valence-electron chi connectivity index (χ4n) is 3.43. The van der Waals surface area contributed by atoms with Gasteiger partial charge in [0.2, 0.25) is 0 Å². The number of methoxy groups -OCH3 is 3. The summed E-state index contributed by atoms with van der Waals surface area (Å²) in [5.74, 6) is 2.94. The van der Waals surface area contributed by atoms with Crippen LogP contribution in [0.15, 0.2) is 53.7 Å². The highest BCUT2D eigenvalue weighted by Gasteiger charge is 2.13. The molecule has 1 heterocycles. The molecule has 7 nitrogen and oxygen atoms in total. The van der Waals surface area contributed by atoms with Crippen molar-refractivity contribution in [1.82, 2.24) is 15.6 Å². The van der Waals surface area contributed by atoms with Crippen LogP contribution in [0.25, 0.3) is 10.9 Å². The number of aliphatic imine (C=N–C) groups is 1. The van der Waals surface area contributed by atoms with Crippen LogP contribution in [0.4, 0.5) is 0 Å². The summed E-state index contributed by atoms with van der Waals surface area (Å²) in [7, 11) is 4.92. The third-order valence-corrected chi connectivity index (χ3v) is 4.98. The number of nitrogens with one attached hydrogen (secondary N) is 2. The molecule has 172 valence electrons. The molecule has 8 heteroatoms. The van der Waals surface area contributed by atoms with Gasteiger partial charge in [-0.1, -0.05) is 18.2 Å². The van der Waals surface area contributed by atoms with Crippen LogP contribution < -0.4 is 24.8 Å². The first-order chi connectivity index (χ1) is 15.2. The SMILES string of the molecule is CCNC(=NCc1ccnc2ccccc12)NCCc1c(OC)cc(OC)cc1OC.I. The van der Waals surface area contributed by atoms with E-state index in [4.69, 9.17) is 19.2 Å². The molecule has 3 aromatic rings. The zero-order valence-corrected chi connectivity index (χ0v) is 21.3. The van der Waals surface area contributed by atoms with Crippen LogP contribution >= 0.6 is 24.0 Å². The lowest BCUT2D eigenvalue weighted by atomic mass is 10.1. The number of aromatic nitrogens is 1. The Labute approximate surface area is 206 Å². The monoisotopic (exact) mass is 550 g/mol. The summed E-state index contributed by atoms with van der Waals surface area (Å²) in [6.45, 7) is 4.06. The Bertz CT molecular complexity index is 1010. The number of benzene rings is 2. The Hall–Kier alpha value is -2.75. The molecule has 0 aliphatic heterocycles. The van der Waals surface area contributed by atoms with Gasteiger partial charge in [-0.25, -0.2) is 4.99 Å². The van der Waals surface area contributed by atoms with E-state index in [0.29, 0.717) is 25.3 Å². The van der Waals surface area contributed by atoms with Crippen LogP contribution in [0.1, 0.15) is 18.1 Å². The van der Waals surface area contributed by atoms with Crippen molar-refractivity contribution < 1.29 is 14.2 Å². The summed E-state index contributed by atoms with van der Waals surface area (Å²) >= 11 is 0. The van der Waals surface area contributed by atoms with E-state index in [0.717, 1.165) is 46.0 Å². The van der Waals surface area contributed by atoms with E-state index in [-0.39, 0.29) is 24.0 Å². The van der Waals surface area contributed by atoms with Gasteiger partial charge in [0.05, 0.1) is 33.4 Å². The largest absolute Gasteiger partial charge is 0.496 e. The molecular formula is C24H31IN4O3.